The zero-order valence-electron chi connectivity index (χ0n) is 15.2. The van der Waals surface area contributed by atoms with Gasteiger partial charge in [0.1, 0.15) is 5.75 Å². The van der Waals surface area contributed by atoms with E-state index >= 15 is 0 Å². The van der Waals surface area contributed by atoms with Crippen molar-refractivity contribution < 1.29 is 14.3 Å². The first kappa shape index (κ1) is 19.3. The van der Waals surface area contributed by atoms with Crippen molar-refractivity contribution in [2.45, 2.75) is 64.3 Å². The summed E-state index contributed by atoms with van der Waals surface area (Å²) in [7, 11) is 0. The van der Waals surface area contributed by atoms with Crippen molar-refractivity contribution in [3.63, 3.8) is 0 Å². The highest BCUT2D eigenvalue weighted by atomic mass is 16.5. The molecule has 1 saturated carbocycles. The van der Waals surface area contributed by atoms with Crippen molar-refractivity contribution >= 4 is 11.8 Å². The van der Waals surface area contributed by atoms with E-state index in [-0.39, 0.29) is 24.4 Å². The number of unbranched alkanes of at least 4 members (excludes halogenated alkanes) is 2. The van der Waals surface area contributed by atoms with Gasteiger partial charge < -0.3 is 15.4 Å². The van der Waals surface area contributed by atoms with Gasteiger partial charge in [-0.25, -0.2) is 0 Å². The Morgan fingerprint density at radius 1 is 1.08 bits per heavy atom. The van der Waals surface area contributed by atoms with Crippen molar-refractivity contribution in [1.82, 2.24) is 10.6 Å². The third-order valence-electron chi connectivity index (χ3n) is 4.51. The van der Waals surface area contributed by atoms with Crippen LogP contribution in [0.3, 0.4) is 0 Å². The zero-order chi connectivity index (χ0) is 17.9. The third-order valence-corrected chi connectivity index (χ3v) is 4.51. The molecule has 1 fully saturated rings. The molecule has 1 aliphatic carbocycles. The highest BCUT2D eigenvalue weighted by Crippen LogP contribution is 2.17. The van der Waals surface area contributed by atoms with Crippen LogP contribution in [0.4, 0.5) is 0 Å². The molecule has 0 saturated heterocycles. The number of carbonyl (C=O) groups is 2. The molecular weight excluding hydrogens is 316 g/mol. The molecule has 1 aromatic carbocycles. The average molecular weight is 346 g/mol. The Labute approximate surface area is 150 Å². The zero-order valence-corrected chi connectivity index (χ0v) is 15.2. The van der Waals surface area contributed by atoms with Gasteiger partial charge in [0.05, 0.1) is 13.2 Å². The van der Waals surface area contributed by atoms with Crippen molar-refractivity contribution in [3.8, 4) is 5.75 Å². The molecule has 2 rings (SSSR count). The lowest BCUT2D eigenvalue weighted by atomic mass is 9.95. The molecule has 0 aliphatic heterocycles. The molecule has 25 heavy (non-hydrogen) atoms. The summed E-state index contributed by atoms with van der Waals surface area (Å²) in [4.78, 5) is 24.0. The van der Waals surface area contributed by atoms with Crippen molar-refractivity contribution in [2.75, 3.05) is 13.2 Å². The fourth-order valence-electron chi connectivity index (χ4n) is 3.03. The fourth-order valence-corrected chi connectivity index (χ4v) is 3.03. The normalized spacial score (nSPS) is 14.8. The minimum Gasteiger partial charge on any atom is -0.494 e. The Kier molecular flexibility index (Phi) is 8.29. The second-order valence-corrected chi connectivity index (χ2v) is 6.67. The van der Waals surface area contributed by atoms with Gasteiger partial charge in [0, 0.05) is 11.6 Å². The maximum absolute atomic E-state index is 12.1. The minimum absolute atomic E-state index is 0.0185. The van der Waals surface area contributed by atoms with Crippen LogP contribution in [0.1, 0.15) is 68.6 Å². The first-order chi connectivity index (χ1) is 12.2. The van der Waals surface area contributed by atoms with E-state index in [4.69, 9.17) is 4.74 Å². The van der Waals surface area contributed by atoms with E-state index in [0.29, 0.717) is 12.2 Å². The molecule has 2 amide bonds. The number of hydrogen-bond acceptors (Lipinski definition) is 3. The Balaban J connectivity index is 1.69. The van der Waals surface area contributed by atoms with E-state index in [0.717, 1.165) is 37.9 Å². The fraction of sp³-hybridized carbons (Fsp3) is 0.600. The Bertz CT molecular complexity index is 536. The number of rotatable bonds is 9. The molecule has 0 heterocycles. The second-order valence-electron chi connectivity index (χ2n) is 6.67. The molecule has 1 aliphatic rings. The van der Waals surface area contributed by atoms with Gasteiger partial charge in [0.15, 0.2) is 0 Å². The topological polar surface area (TPSA) is 67.4 Å². The van der Waals surface area contributed by atoms with Gasteiger partial charge >= 0.3 is 0 Å². The quantitative estimate of drug-likeness (QED) is 0.673. The van der Waals surface area contributed by atoms with Crippen LogP contribution in [0.15, 0.2) is 24.3 Å². The summed E-state index contributed by atoms with van der Waals surface area (Å²) in [5.74, 6) is 0.412. The number of carbonyl (C=O) groups excluding carboxylic acids is 2. The predicted octanol–water partition coefficient (Wildman–Crippen LogP) is 3.43. The first-order valence-corrected chi connectivity index (χ1v) is 9.49. The molecule has 0 bridgehead atoms. The van der Waals surface area contributed by atoms with Crippen LogP contribution in [0.5, 0.6) is 5.75 Å². The lowest BCUT2D eigenvalue weighted by Crippen LogP contribution is -2.42. The maximum atomic E-state index is 12.1. The maximum Gasteiger partial charge on any atom is 0.251 e. The van der Waals surface area contributed by atoms with E-state index in [1.54, 1.807) is 24.3 Å². The molecule has 0 spiro atoms. The third kappa shape index (κ3) is 7.16. The lowest BCUT2D eigenvalue weighted by molar-refractivity contribution is -0.121. The van der Waals surface area contributed by atoms with Gasteiger partial charge in [-0.1, -0.05) is 39.0 Å². The van der Waals surface area contributed by atoms with Crippen molar-refractivity contribution in [2.24, 2.45) is 0 Å². The molecule has 2 N–H and O–H groups in total. The summed E-state index contributed by atoms with van der Waals surface area (Å²) in [6.07, 6.45) is 9.03. The summed E-state index contributed by atoms with van der Waals surface area (Å²) < 4.78 is 5.63. The van der Waals surface area contributed by atoms with Crippen LogP contribution >= 0.6 is 0 Å². The van der Waals surface area contributed by atoms with Crippen LogP contribution in [0.2, 0.25) is 0 Å². The first-order valence-electron chi connectivity index (χ1n) is 9.49. The van der Waals surface area contributed by atoms with Crippen LogP contribution in [0.25, 0.3) is 0 Å². The number of amides is 2. The summed E-state index contributed by atoms with van der Waals surface area (Å²) in [5.41, 5.74) is 0.534. The van der Waals surface area contributed by atoms with E-state index < -0.39 is 0 Å². The number of hydrogen-bond donors (Lipinski definition) is 2. The van der Waals surface area contributed by atoms with Gasteiger partial charge in [-0.2, -0.15) is 0 Å². The largest absolute Gasteiger partial charge is 0.494 e. The number of ether oxygens (including phenoxy) is 1. The van der Waals surface area contributed by atoms with Crippen molar-refractivity contribution in [1.29, 1.82) is 0 Å². The van der Waals surface area contributed by atoms with Gasteiger partial charge in [0.25, 0.3) is 5.91 Å². The molecular formula is C20H30N2O3. The monoisotopic (exact) mass is 346 g/mol. The molecule has 1 aromatic rings. The molecule has 138 valence electrons. The smallest absolute Gasteiger partial charge is 0.251 e. The van der Waals surface area contributed by atoms with Crippen LogP contribution < -0.4 is 15.4 Å². The molecule has 0 atom stereocenters. The van der Waals surface area contributed by atoms with Gasteiger partial charge in [0.2, 0.25) is 5.91 Å². The van der Waals surface area contributed by atoms with Crippen molar-refractivity contribution in [3.05, 3.63) is 29.8 Å². The van der Waals surface area contributed by atoms with E-state index in [9.17, 15) is 9.59 Å². The van der Waals surface area contributed by atoms with Crippen LogP contribution in [0, 0.1) is 0 Å². The summed E-state index contributed by atoms with van der Waals surface area (Å²) in [6.45, 7) is 2.87. The summed E-state index contributed by atoms with van der Waals surface area (Å²) in [5, 5.41) is 5.67. The minimum atomic E-state index is -0.240. The second kappa shape index (κ2) is 10.7. The van der Waals surface area contributed by atoms with E-state index in [1.165, 1.54) is 19.3 Å². The molecule has 0 unspecified atom stereocenters. The highest BCUT2D eigenvalue weighted by Gasteiger charge is 2.16. The molecule has 0 aromatic heterocycles. The predicted molar refractivity (Wildman–Crippen MR) is 98.8 cm³/mol. The highest BCUT2D eigenvalue weighted by molar-refractivity contribution is 5.96. The standard InChI is InChI=1S/C20H30N2O3/c1-2-3-7-14-25-18-12-10-16(11-13-18)20(24)21-15-19(23)22-17-8-5-4-6-9-17/h10-13,17H,2-9,14-15H2,1H3,(H,21,24)(H,22,23). The Hall–Kier alpha value is -2.04. The lowest BCUT2D eigenvalue weighted by Gasteiger charge is -2.22. The van der Waals surface area contributed by atoms with Crippen LogP contribution in [-0.4, -0.2) is 31.0 Å². The van der Waals surface area contributed by atoms with Gasteiger partial charge in [-0.05, 0) is 43.5 Å². The summed E-state index contributed by atoms with van der Waals surface area (Å²) in [6, 6.07) is 7.31. The molecule has 5 nitrogen and oxygen atoms in total. The molecule has 0 radical (unpaired) electrons. The summed E-state index contributed by atoms with van der Waals surface area (Å²) >= 11 is 0. The number of benzene rings is 1. The van der Waals surface area contributed by atoms with Gasteiger partial charge in [-0.3, -0.25) is 9.59 Å². The van der Waals surface area contributed by atoms with E-state index in [1.807, 2.05) is 0 Å². The Morgan fingerprint density at radius 2 is 1.80 bits per heavy atom. The molecule has 5 heteroatoms. The van der Waals surface area contributed by atoms with Crippen LogP contribution in [-0.2, 0) is 4.79 Å². The Morgan fingerprint density at radius 3 is 2.48 bits per heavy atom. The average Bonchev–Trinajstić information content (AvgIpc) is 2.64. The van der Waals surface area contributed by atoms with E-state index in [2.05, 4.69) is 17.6 Å². The van der Waals surface area contributed by atoms with Gasteiger partial charge in [-0.15, -0.1) is 0 Å². The number of nitrogens with one attached hydrogen (secondary N) is 2. The SMILES string of the molecule is CCCCCOc1ccc(C(=O)NCC(=O)NC2CCCCC2)cc1.